The molecule has 40 heavy (non-hydrogen) atoms. The number of piperidine rings is 1. The molecular formula is C31H48N2O7. The molecule has 1 fully saturated rings. The van der Waals surface area contributed by atoms with Gasteiger partial charge in [0.25, 0.3) is 0 Å². The summed E-state index contributed by atoms with van der Waals surface area (Å²) >= 11 is 0. The molecule has 1 heterocycles. The van der Waals surface area contributed by atoms with Gasteiger partial charge in [0, 0.05) is 46.4 Å². The molecule has 0 spiro atoms. The van der Waals surface area contributed by atoms with Gasteiger partial charge in [-0.1, -0.05) is 43.7 Å². The number of aliphatic hydroxyl groups is 1. The molecule has 2 unspecified atom stereocenters. The van der Waals surface area contributed by atoms with Crippen LogP contribution in [0.25, 0.3) is 0 Å². The summed E-state index contributed by atoms with van der Waals surface area (Å²) in [5, 5.41) is 27.3. The molecule has 1 aliphatic rings. The molecule has 0 aliphatic carbocycles. The van der Waals surface area contributed by atoms with Gasteiger partial charge in [-0.05, 0) is 41.7 Å². The average Bonchev–Trinajstić information content (AvgIpc) is 2.97. The van der Waals surface area contributed by atoms with E-state index in [1.807, 2.05) is 12.1 Å². The summed E-state index contributed by atoms with van der Waals surface area (Å²) in [7, 11) is 3.34. The normalized spacial score (nSPS) is 19.9. The fraction of sp³-hybridized carbons (Fsp3) is 0.613. The lowest BCUT2D eigenvalue weighted by Gasteiger charge is -2.39. The lowest BCUT2D eigenvalue weighted by molar-refractivity contribution is -0.0783. The zero-order valence-corrected chi connectivity index (χ0v) is 24.3. The minimum absolute atomic E-state index is 0.0118. The molecule has 2 aromatic carbocycles. The molecule has 1 saturated heterocycles. The van der Waals surface area contributed by atoms with E-state index in [1.54, 1.807) is 20.3 Å². The Morgan fingerprint density at radius 3 is 2.38 bits per heavy atom. The van der Waals surface area contributed by atoms with Gasteiger partial charge in [-0.3, -0.25) is 0 Å². The molecule has 9 nitrogen and oxygen atoms in total. The maximum Gasteiger partial charge on any atom is 0.138 e. The smallest absolute Gasteiger partial charge is 0.138 e. The Kier molecular flexibility index (Phi) is 14.7. The van der Waals surface area contributed by atoms with Crippen LogP contribution in [0.4, 0.5) is 5.69 Å². The fourth-order valence-electron chi connectivity index (χ4n) is 4.89. The fourth-order valence-corrected chi connectivity index (χ4v) is 4.89. The van der Waals surface area contributed by atoms with Crippen LogP contribution in [0.3, 0.4) is 0 Å². The van der Waals surface area contributed by atoms with E-state index in [1.165, 1.54) is 0 Å². The van der Waals surface area contributed by atoms with Crippen molar-refractivity contribution in [1.29, 1.82) is 0 Å². The van der Waals surface area contributed by atoms with Crippen LogP contribution in [0.5, 0.6) is 5.75 Å². The van der Waals surface area contributed by atoms with Crippen molar-refractivity contribution in [3.8, 4) is 5.75 Å². The molecule has 0 bridgehead atoms. The minimum atomic E-state index is -0.481. The topological polar surface area (TPSA) is 111 Å². The quantitative estimate of drug-likeness (QED) is 0.151. The van der Waals surface area contributed by atoms with Crippen molar-refractivity contribution in [3.63, 3.8) is 0 Å². The van der Waals surface area contributed by atoms with Crippen molar-refractivity contribution < 1.29 is 33.9 Å². The van der Waals surface area contributed by atoms with Gasteiger partial charge in [0.2, 0.25) is 0 Å². The number of aromatic hydroxyl groups is 1. The van der Waals surface area contributed by atoms with Crippen molar-refractivity contribution >= 4 is 5.69 Å². The highest BCUT2D eigenvalue weighted by Crippen LogP contribution is 2.32. The number of hydrogen-bond acceptors (Lipinski definition) is 9. The number of hydrogen-bond donors (Lipinski definition) is 4. The molecule has 0 saturated carbocycles. The van der Waals surface area contributed by atoms with Crippen molar-refractivity contribution in [3.05, 3.63) is 59.2 Å². The van der Waals surface area contributed by atoms with Crippen molar-refractivity contribution in [2.45, 2.75) is 63.6 Å². The van der Waals surface area contributed by atoms with Gasteiger partial charge in [-0.15, -0.1) is 0 Å². The second-order valence-corrected chi connectivity index (χ2v) is 10.3. The predicted octanol–water partition coefficient (Wildman–Crippen LogP) is 3.82. The molecule has 0 radical (unpaired) electrons. The molecular weight excluding hydrogens is 512 g/mol. The van der Waals surface area contributed by atoms with Crippen molar-refractivity contribution in [2.24, 2.45) is 0 Å². The van der Waals surface area contributed by atoms with Gasteiger partial charge in [0.05, 0.1) is 57.0 Å². The van der Waals surface area contributed by atoms with E-state index < -0.39 is 6.10 Å². The van der Waals surface area contributed by atoms with Crippen LogP contribution in [0.1, 0.15) is 48.8 Å². The molecule has 0 amide bonds. The second-order valence-electron chi connectivity index (χ2n) is 10.3. The Bertz CT molecular complexity index is 959. The van der Waals surface area contributed by atoms with E-state index in [-0.39, 0.29) is 23.9 Å². The standard InChI is InChI=1S/C31H48N2O7/c1-4-6-26(34)22-40-30-19-32-18-29(31(30)25-10-7-23(8-11-25)20-38-16-15-37-3)39-21-24-9-12-28(35)27(17-24)33-13-5-14-36-2/h7-12,17,26,29-35H,4-6,13-16,18-22H2,1-3H3/t26?,29-,30+,31?/m0/s1. The number of anilines is 1. The number of rotatable bonds is 19. The summed E-state index contributed by atoms with van der Waals surface area (Å²) in [6, 6.07) is 13.9. The van der Waals surface area contributed by atoms with Gasteiger partial charge in [-0.25, -0.2) is 0 Å². The maximum atomic E-state index is 10.3. The average molecular weight is 561 g/mol. The summed E-state index contributed by atoms with van der Waals surface area (Å²) in [6.45, 7) is 7.14. The van der Waals surface area contributed by atoms with Gasteiger partial charge in [-0.2, -0.15) is 0 Å². The van der Waals surface area contributed by atoms with Crippen molar-refractivity contribution in [1.82, 2.24) is 5.32 Å². The number of nitrogens with one attached hydrogen (secondary N) is 2. The number of phenolic OH excluding ortho intramolecular Hbond substituents is 1. The monoisotopic (exact) mass is 560 g/mol. The highest BCUT2D eigenvalue weighted by atomic mass is 16.5. The van der Waals surface area contributed by atoms with Gasteiger partial charge < -0.3 is 44.5 Å². The second kappa shape index (κ2) is 18.2. The summed E-state index contributed by atoms with van der Waals surface area (Å²) in [6.07, 6.45) is 1.70. The third-order valence-electron chi connectivity index (χ3n) is 7.05. The molecule has 1 aliphatic heterocycles. The van der Waals surface area contributed by atoms with E-state index in [4.69, 9.17) is 23.7 Å². The van der Waals surface area contributed by atoms with Crippen LogP contribution >= 0.6 is 0 Å². The molecule has 4 N–H and O–H groups in total. The van der Waals surface area contributed by atoms with E-state index in [0.717, 1.165) is 29.5 Å². The number of phenols is 1. The van der Waals surface area contributed by atoms with Crippen LogP contribution in [0, 0.1) is 0 Å². The largest absolute Gasteiger partial charge is 0.506 e. The highest BCUT2D eigenvalue weighted by molar-refractivity contribution is 5.57. The van der Waals surface area contributed by atoms with Gasteiger partial charge >= 0.3 is 0 Å². The number of benzene rings is 2. The van der Waals surface area contributed by atoms with Gasteiger partial charge in [0.1, 0.15) is 5.75 Å². The Morgan fingerprint density at radius 2 is 1.65 bits per heavy atom. The first kappa shape index (κ1) is 32.3. The summed E-state index contributed by atoms with van der Waals surface area (Å²) in [5.74, 6) is 0.200. The Morgan fingerprint density at radius 1 is 0.925 bits per heavy atom. The summed E-state index contributed by atoms with van der Waals surface area (Å²) < 4.78 is 28.6. The van der Waals surface area contributed by atoms with Gasteiger partial charge in [0.15, 0.2) is 0 Å². The minimum Gasteiger partial charge on any atom is -0.506 e. The molecule has 9 heteroatoms. The lowest BCUT2D eigenvalue weighted by Crippen LogP contribution is -2.51. The van der Waals surface area contributed by atoms with Crippen LogP contribution in [0.2, 0.25) is 0 Å². The molecule has 0 aromatic heterocycles. The van der Waals surface area contributed by atoms with Crippen LogP contribution < -0.4 is 10.6 Å². The van der Waals surface area contributed by atoms with Crippen LogP contribution in [-0.4, -0.2) is 88.8 Å². The first-order valence-electron chi connectivity index (χ1n) is 14.4. The molecule has 3 rings (SSSR count). The summed E-state index contributed by atoms with van der Waals surface area (Å²) in [5.41, 5.74) is 3.88. The maximum absolute atomic E-state index is 10.3. The number of methoxy groups -OCH3 is 2. The third kappa shape index (κ3) is 10.6. The molecule has 4 atom stereocenters. The van der Waals surface area contributed by atoms with E-state index in [2.05, 4.69) is 41.8 Å². The zero-order chi connectivity index (χ0) is 28.6. The SMILES string of the molecule is CCCC(O)CO[C@@H]1CNC[C@H](OCc2ccc(O)c(NCCCOC)c2)C1c1ccc(COCCOC)cc1. The third-order valence-corrected chi connectivity index (χ3v) is 7.05. The van der Waals surface area contributed by atoms with E-state index >= 15 is 0 Å². The highest BCUT2D eigenvalue weighted by Gasteiger charge is 2.36. The number of aliphatic hydroxyl groups excluding tert-OH is 1. The first-order chi connectivity index (χ1) is 19.5. The van der Waals surface area contributed by atoms with E-state index in [9.17, 15) is 10.2 Å². The number of ether oxygens (including phenoxy) is 5. The first-order valence-corrected chi connectivity index (χ1v) is 14.4. The van der Waals surface area contributed by atoms with Crippen LogP contribution in [-0.2, 0) is 36.9 Å². The zero-order valence-electron chi connectivity index (χ0n) is 24.3. The summed E-state index contributed by atoms with van der Waals surface area (Å²) in [4.78, 5) is 0. The Balaban J connectivity index is 1.70. The van der Waals surface area contributed by atoms with Crippen LogP contribution in [0.15, 0.2) is 42.5 Å². The lowest BCUT2D eigenvalue weighted by atomic mass is 9.85. The Labute approximate surface area is 239 Å². The Hall–Kier alpha value is -2.24. The predicted molar refractivity (Wildman–Crippen MR) is 156 cm³/mol. The molecule has 2 aromatic rings. The van der Waals surface area contributed by atoms with E-state index in [0.29, 0.717) is 71.4 Å². The van der Waals surface area contributed by atoms with Crippen molar-refractivity contribution in [2.75, 3.05) is 65.6 Å². The molecule has 224 valence electrons.